The zero-order chi connectivity index (χ0) is 19.2. The minimum Gasteiger partial charge on any atom is -0.495 e. The SMILES string of the molecule is CCCNC(=O)NC(=O)CNc1cc(S(=O)(=O)NC2CC2)ccc1OC. The van der Waals surface area contributed by atoms with E-state index in [0.717, 1.165) is 19.3 Å². The highest BCUT2D eigenvalue weighted by molar-refractivity contribution is 7.89. The van der Waals surface area contributed by atoms with Crippen LogP contribution in [-0.2, 0) is 14.8 Å². The van der Waals surface area contributed by atoms with E-state index in [4.69, 9.17) is 4.74 Å². The van der Waals surface area contributed by atoms with Gasteiger partial charge in [-0.1, -0.05) is 6.92 Å². The first-order valence-electron chi connectivity index (χ1n) is 8.37. The molecule has 0 saturated heterocycles. The first-order valence-corrected chi connectivity index (χ1v) is 9.86. The molecule has 0 spiro atoms. The van der Waals surface area contributed by atoms with E-state index in [0.29, 0.717) is 18.0 Å². The van der Waals surface area contributed by atoms with E-state index in [2.05, 4.69) is 20.7 Å². The van der Waals surface area contributed by atoms with Crippen molar-refractivity contribution in [1.82, 2.24) is 15.4 Å². The Morgan fingerprint density at radius 3 is 2.62 bits per heavy atom. The van der Waals surface area contributed by atoms with Crippen LogP contribution < -0.4 is 25.4 Å². The molecule has 1 saturated carbocycles. The summed E-state index contributed by atoms with van der Waals surface area (Å²) in [5, 5.41) is 7.50. The second-order valence-corrected chi connectivity index (χ2v) is 7.63. The predicted octanol–water partition coefficient (Wildman–Crippen LogP) is 0.784. The first-order chi connectivity index (χ1) is 12.4. The summed E-state index contributed by atoms with van der Waals surface area (Å²) < 4.78 is 32.4. The second kappa shape index (κ2) is 8.86. The van der Waals surface area contributed by atoms with E-state index >= 15 is 0 Å². The van der Waals surface area contributed by atoms with E-state index < -0.39 is 22.0 Å². The molecule has 0 radical (unpaired) electrons. The molecule has 9 nitrogen and oxygen atoms in total. The maximum absolute atomic E-state index is 12.3. The van der Waals surface area contributed by atoms with Crippen LogP contribution in [0, 0.1) is 0 Å². The average Bonchev–Trinajstić information content (AvgIpc) is 3.41. The quantitative estimate of drug-likeness (QED) is 0.499. The zero-order valence-electron chi connectivity index (χ0n) is 14.8. The van der Waals surface area contributed by atoms with Crippen LogP contribution in [0.15, 0.2) is 23.1 Å². The molecule has 1 aliphatic rings. The van der Waals surface area contributed by atoms with Crippen molar-refractivity contribution in [3.05, 3.63) is 18.2 Å². The standard InChI is InChI=1S/C16H24N4O5S/c1-3-8-17-16(22)19-15(21)10-18-13-9-12(6-7-14(13)25-2)26(23,24)20-11-4-5-11/h6-7,9,11,18,20H,3-5,8,10H2,1-2H3,(H2,17,19,21,22). The summed E-state index contributed by atoms with van der Waals surface area (Å²) in [7, 11) is -2.18. The number of urea groups is 1. The monoisotopic (exact) mass is 384 g/mol. The highest BCUT2D eigenvalue weighted by atomic mass is 32.2. The number of hydrogen-bond donors (Lipinski definition) is 4. The summed E-state index contributed by atoms with van der Waals surface area (Å²) >= 11 is 0. The molecule has 144 valence electrons. The molecule has 2 rings (SSSR count). The molecule has 4 N–H and O–H groups in total. The van der Waals surface area contributed by atoms with Gasteiger partial charge in [0, 0.05) is 12.6 Å². The third-order valence-electron chi connectivity index (χ3n) is 3.61. The van der Waals surface area contributed by atoms with Crippen molar-refractivity contribution >= 4 is 27.6 Å². The van der Waals surface area contributed by atoms with Crippen molar-refractivity contribution in [3.63, 3.8) is 0 Å². The van der Waals surface area contributed by atoms with E-state index in [9.17, 15) is 18.0 Å². The molecule has 0 atom stereocenters. The first kappa shape index (κ1) is 20.0. The topological polar surface area (TPSA) is 126 Å². The maximum atomic E-state index is 12.3. The van der Waals surface area contributed by atoms with E-state index in [1.807, 2.05) is 6.92 Å². The minimum absolute atomic E-state index is 0.00841. The lowest BCUT2D eigenvalue weighted by atomic mass is 10.3. The fourth-order valence-electron chi connectivity index (χ4n) is 2.11. The Hall–Kier alpha value is -2.33. The van der Waals surface area contributed by atoms with Crippen LogP contribution in [0.5, 0.6) is 5.75 Å². The van der Waals surface area contributed by atoms with Crippen molar-refractivity contribution < 1.29 is 22.7 Å². The molecule has 10 heteroatoms. The van der Waals surface area contributed by atoms with Crippen molar-refractivity contribution in [3.8, 4) is 5.75 Å². The number of anilines is 1. The number of amides is 3. The molecule has 1 aromatic rings. The molecule has 1 fully saturated rings. The van der Waals surface area contributed by atoms with Gasteiger partial charge in [0.15, 0.2) is 0 Å². The Morgan fingerprint density at radius 1 is 1.27 bits per heavy atom. The molecule has 0 unspecified atom stereocenters. The Kier molecular flexibility index (Phi) is 6.81. The number of nitrogens with one attached hydrogen (secondary N) is 4. The lowest BCUT2D eigenvalue weighted by Crippen LogP contribution is -2.42. The lowest BCUT2D eigenvalue weighted by Gasteiger charge is -2.13. The summed E-state index contributed by atoms with van der Waals surface area (Å²) in [5.41, 5.74) is 0.343. The van der Waals surface area contributed by atoms with Crippen LogP contribution in [0.1, 0.15) is 26.2 Å². The highest BCUT2D eigenvalue weighted by Crippen LogP contribution is 2.28. The van der Waals surface area contributed by atoms with Crippen LogP contribution in [0.2, 0.25) is 0 Å². The number of hydrogen-bond acceptors (Lipinski definition) is 6. The van der Waals surface area contributed by atoms with Crippen molar-refractivity contribution in [1.29, 1.82) is 0 Å². The number of sulfonamides is 1. The van der Waals surface area contributed by atoms with Crippen LogP contribution in [0.25, 0.3) is 0 Å². The fourth-order valence-corrected chi connectivity index (χ4v) is 3.44. The number of ether oxygens (including phenoxy) is 1. The van der Waals surface area contributed by atoms with Crippen molar-refractivity contribution in [2.45, 2.75) is 37.1 Å². The molecule has 1 aliphatic carbocycles. The molecule has 0 heterocycles. The van der Waals surface area contributed by atoms with Gasteiger partial charge in [0.1, 0.15) is 5.75 Å². The molecule has 0 bridgehead atoms. The fraction of sp³-hybridized carbons (Fsp3) is 0.500. The van der Waals surface area contributed by atoms with Gasteiger partial charge in [-0.05, 0) is 37.5 Å². The normalized spacial score (nSPS) is 13.8. The van der Waals surface area contributed by atoms with Gasteiger partial charge in [0.05, 0.1) is 24.2 Å². The van der Waals surface area contributed by atoms with Gasteiger partial charge in [0.2, 0.25) is 15.9 Å². The molecule has 3 amide bonds. The van der Waals surface area contributed by atoms with E-state index in [1.54, 1.807) is 0 Å². The number of rotatable bonds is 9. The van der Waals surface area contributed by atoms with Gasteiger partial charge in [-0.25, -0.2) is 17.9 Å². The molecular formula is C16H24N4O5S. The summed E-state index contributed by atoms with van der Waals surface area (Å²) in [6, 6.07) is 3.76. The number of benzene rings is 1. The van der Waals surface area contributed by atoms with Gasteiger partial charge in [-0.3, -0.25) is 10.1 Å². The minimum atomic E-state index is -3.62. The number of methoxy groups -OCH3 is 1. The summed E-state index contributed by atoms with van der Waals surface area (Å²) in [6.07, 6.45) is 2.43. The lowest BCUT2D eigenvalue weighted by molar-refractivity contribution is -0.118. The largest absolute Gasteiger partial charge is 0.495 e. The molecular weight excluding hydrogens is 360 g/mol. The predicted molar refractivity (Wildman–Crippen MR) is 96.7 cm³/mol. The van der Waals surface area contributed by atoms with E-state index in [-0.39, 0.29) is 17.5 Å². The van der Waals surface area contributed by atoms with Gasteiger partial charge < -0.3 is 15.4 Å². The smallest absolute Gasteiger partial charge is 0.321 e. The summed E-state index contributed by atoms with van der Waals surface area (Å²) in [6.45, 7) is 2.15. The third kappa shape index (κ3) is 5.88. The summed E-state index contributed by atoms with van der Waals surface area (Å²) in [5.74, 6) is -0.163. The molecule has 1 aromatic carbocycles. The molecule has 26 heavy (non-hydrogen) atoms. The maximum Gasteiger partial charge on any atom is 0.321 e. The van der Waals surface area contributed by atoms with Gasteiger partial charge >= 0.3 is 6.03 Å². The van der Waals surface area contributed by atoms with Gasteiger partial charge in [-0.15, -0.1) is 0 Å². The Bertz CT molecular complexity index is 762. The second-order valence-electron chi connectivity index (χ2n) is 5.92. The molecule has 0 aromatic heterocycles. The van der Waals surface area contributed by atoms with Gasteiger partial charge in [-0.2, -0.15) is 0 Å². The number of imide groups is 1. The molecule has 0 aliphatic heterocycles. The van der Waals surface area contributed by atoms with Crippen LogP contribution >= 0.6 is 0 Å². The third-order valence-corrected chi connectivity index (χ3v) is 5.13. The Labute approximate surface area is 152 Å². The van der Waals surface area contributed by atoms with Gasteiger partial charge in [0.25, 0.3) is 0 Å². The van der Waals surface area contributed by atoms with Crippen LogP contribution in [-0.4, -0.2) is 46.6 Å². The van der Waals surface area contributed by atoms with E-state index in [1.165, 1.54) is 25.3 Å². The summed E-state index contributed by atoms with van der Waals surface area (Å²) in [4.78, 5) is 23.4. The number of carbonyl (C=O) groups is 2. The average molecular weight is 384 g/mol. The Morgan fingerprint density at radius 2 is 2.00 bits per heavy atom. The van der Waals surface area contributed by atoms with Crippen molar-refractivity contribution in [2.75, 3.05) is 25.5 Å². The zero-order valence-corrected chi connectivity index (χ0v) is 15.6. The van der Waals surface area contributed by atoms with Crippen LogP contribution in [0.4, 0.5) is 10.5 Å². The van der Waals surface area contributed by atoms with Crippen molar-refractivity contribution in [2.24, 2.45) is 0 Å². The van der Waals surface area contributed by atoms with Crippen LogP contribution in [0.3, 0.4) is 0 Å². The Balaban J connectivity index is 2.01. The number of carbonyl (C=O) groups excluding carboxylic acids is 2. The highest BCUT2D eigenvalue weighted by Gasteiger charge is 2.28.